The van der Waals surface area contributed by atoms with E-state index < -0.39 is 0 Å². The molecule has 138 valence electrons. The van der Waals surface area contributed by atoms with E-state index in [0.29, 0.717) is 5.41 Å². The summed E-state index contributed by atoms with van der Waals surface area (Å²) in [4.78, 5) is 0. The molecule has 0 aromatic heterocycles. The largest absolute Gasteiger partial charge is 0.411 e. The SMILES string of the molecule is C[C@]12CC[C@H]3[C@@H]([C@H]4C[C@H]4C4=C/C(=N/O)CC[C@@H]43)[C@@H]1[C@@H]1C[C@@H]1[C@@]21C=CCO1. The number of allylic oxidation sites excluding steroid dienone is 2. The maximum Gasteiger partial charge on any atom is 0.0954 e. The molecular formula is C23H29NO2. The second kappa shape index (κ2) is 4.48. The summed E-state index contributed by atoms with van der Waals surface area (Å²) in [6, 6.07) is 0. The first-order valence-corrected chi connectivity index (χ1v) is 10.9. The van der Waals surface area contributed by atoms with Gasteiger partial charge in [-0.3, -0.25) is 0 Å². The molecule has 0 amide bonds. The Balaban J connectivity index is 1.31. The van der Waals surface area contributed by atoms with E-state index in [2.05, 4.69) is 30.3 Å². The van der Waals surface area contributed by atoms with E-state index in [0.717, 1.165) is 66.1 Å². The fourth-order valence-corrected chi connectivity index (χ4v) is 9.14. The van der Waals surface area contributed by atoms with Crippen molar-refractivity contribution in [1.29, 1.82) is 0 Å². The Hall–Kier alpha value is -1.09. The van der Waals surface area contributed by atoms with Crippen molar-refractivity contribution in [2.75, 3.05) is 6.61 Å². The van der Waals surface area contributed by atoms with Gasteiger partial charge in [0, 0.05) is 5.41 Å². The van der Waals surface area contributed by atoms with E-state index in [1.54, 1.807) is 5.57 Å². The topological polar surface area (TPSA) is 41.8 Å². The molecule has 5 fully saturated rings. The van der Waals surface area contributed by atoms with Crippen LogP contribution in [0.25, 0.3) is 0 Å². The first-order chi connectivity index (χ1) is 12.7. The molecular weight excluding hydrogens is 322 g/mol. The zero-order valence-corrected chi connectivity index (χ0v) is 15.6. The van der Waals surface area contributed by atoms with Crippen molar-refractivity contribution in [3.8, 4) is 0 Å². The molecule has 3 nitrogen and oxygen atoms in total. The van der Waals surface area contributed by atoms with Gasteiger partial charge in [0.15, 0.2) is 0 Å². The first-order valence-electron chi connectivity index (χ1n) is 10.9. The minimum Gasteiger partial charge on any atom is -0.411 e. The van der Waals surface area contributed by atoms with Crippen LogP contribution in [-0.4, -0.2) is 23.1 Å². The highest BCUT2D eigenvalue weighted by Crippen LogP contribution is 2.80. The molecule has 1 aliphatic heterocycles. The highest BCUT2D eigenvalue weighted by atomic mass is 16.5. The van der Waals surface area contributed by atoms with Crippen LogP contribution in [0.4, 0.5) is 0 Å². The Morgan fingerprint density at radius 1 is 1.15 bits per heavy atom. The van der Waals surface area contributed by atoms with Crippen LogP contribution in [0, 0.1) is 52.8 Å². The molecule has 5 saturated carbocycles. The monoisotopic (exact) mass is 351 g/mol. The van der Waals surface area contributed by atoms with E-state index >= 15 is 0 Å². The van der Waals surface area contributed by atoms with Crippen LogP contribution in [0.1, 0.15) is 45.4 Å². The van der Waals surface area contributed by atoms with Gasteiger partial charge in [-0.2, -0.15) is 0 Å². The molecule has 3 heteroatoms. The molecule has 0 radical (unpaired) electrons. The predicted octanol–water partition coefficient (Wildman–Crippen LogP) is 4.43. The minimum atomic E-state index is 0.0804. The van der Waals surface area contributed by atoms with Crippen molar-refractivity contribution in [2.24, 2.45) is 57.9 Å². The zero-order chi connectivity index (χ0) is 17.3. The van der Waals surface area contributed by atoms with Crippen LogP contribution in [0.3, 0.4) is 0 Å². The summed E-state index contributed by atoms with van der Waals surface area (Å²) < 4.78 is 6.53. The van der Waals surface area contributed by atoms with Crippen molar-refractivity contribution < 1.29 is 9.94 Å². The molecule has 1 spiro atoms. The van der Waals surface area contributed by atoms with Gasteiger partial charge in [0.25, 0.3) is 0 Å². The zero-order valence-electron chi connectivity index (χ0n) is 15.6. The summed E-state index contributed by atoms with van der Waals surface area (Å²) >= 11 is 0. The molecule has 10 atom stereocenters. The van der Waals surface area contributed by atoms with Gasteiger partial charge in [0.05, 0.1) is 17.9 Å². The Labute approximate surface area is 155 Å². The van der Waals surface area contributed by atoms with Crippen molar-refractivity contribution >= 4 is 5.71 Å². The van der Waals surface area contributed by atoms with Gasteiger partial charge < -0.3 is 9.94 Å². The lowest BCUT2D eigenvalue weighted by atomic mass is 9.49. The summed E-state index contributed by atoms with van der Waals surface area (Å²) in [6.45, 7) is 3.43. The van der Waals surface area contributed by atoms with E-state index in [9.17, 15) is 5.21 Å². The molecule has 0 unspecified atom stereocenters. The van der Waals surface area contributed by atoms with Gasteiger partial charge in [0.2, 0.25) is 0 Å². The Kier molecular flexibility index (Phi) is 2.57. The van der Waals surface area contributed by atoms with E-state index in [-0.39, 0.29) is 5.60 Å². The summed E-state index contributed by atoms with van der Waals surface area (Å²) in [5.74, 6) is 6.92. The summed E-state index contributed by atoms with van der Waals surface area (Å²) in [5.41, 5.74) is 3.04. The lowest BCUT2D eigenvalue weighted by molar-refractivity contribution is -0.133. The van der Waals surface area contributed by atoms with Crippen molar-refractivity contribution in [3.63, 3.8) is 0 Å². The number of fused-ring (bicyclic) bond motifs is 12. The van der Waals surface area contributed by atoms with Crippen LogP contribution in [0.2, 0.25) is 0 Å². The second-order valence-corrected chi connectivity index (χ2v) is 10.6. The number of hydrogen-bond donors (Lipinski definition) is 1. The van der Waals surface area contributed by atoms with Crippen LogP contribution >= 0.6 is 0 Å². The van der Waals surface area contributed by atoms with Gasteiger partial charge >= 0.3 is 0 Å². The number of oxime groups is 1. The lowest BCUT2D eigenvalue weighted by Gasteiger charge is -2.57. The molecule has 7 rings (SSSR count). The van der Waals surface area contributed by atoms with Crippen LogP contribution in [0.5, 0.6) is 0 Å². The van der Waals surface area contributed by atoms with Gasteiger partial charge in [-0.15, -0.1) is 0 Å². The fraction of sp³-hybridized carbons (Fsp3) is 0.783. The fourth-order valence-electron chi connectivity index (χ4n) is 9.14. The van der Waals surface area contributed by atoms with Crippen LogP contribution in [0.15, 0.2) is 29.0 Å². The predicted molar refractivity (Wildman–Crippen MR) is 98.9 cm³/mol. The number of rotatable bonds is 0. The summed E-state index contributed by atoms with van der Waals surface area (Å²) in [5, 5.41) is 12.8. The van der Waals surface area contributed by atoms with E-state index in [1.807, 2.05) is 0 Å². The molecule has 1 N–H and O–H groups in total. The number of ether oxygens (including phenoxy) is 1. The normalized spacial score (nSPS) is 62.2. The smallest absolute Gasteiger partial charge is 0.0954 e. The Bertz CT molecular complexity index is 783. The second-order valence-electron chi connectivity index (χ2n) is 10.6. The Morgan fingerprint density at radius 3 is 2.88 bits per heavy atom. The Morgan fingerprint density at radius 2 is 2.08 bits per heavy atom. The van der Waals surface area contributed by atoms with E-state index in [1.165, 1.54) is 32.1 Å². The standard InChI is InChI=1S/C23H29NO2/c1-22-7-5-14-13-4-3-12(24-25)9-15(13)16-10-17(16)20(14)21(22)18-11-19(18)23(22)6-2-8-26-23/h2,6,9,13-14,16-21,25H,3-5,7-8,10-11H2,1H3/b24-12+/t13-,14-,16+,17+,18-,19+,20+,21+,22+,23+/m1/s1. The van der Waals surface area contributed by atoms with Gasteiger partial charge in [0.1, 0.15) is 0 Å². The molecule has 0 aromatic carbocycles. The van der Waals surface area contributed by atoms with Crippen molar-refractivity contribution in [2.45, 2.75) is 51.0 Å². The maximum absolute atomic E-state index is 9.25. The van der Waals surface area contributed by atoms with Crippen LogP contribution in [-0.2, 0) is 4.74 Å². The summed E-state index contributed by atoms with van der Waals surface area (Å²) in [7, 11) is 0. The highest BCUT2D eigenvalue weighted by Gasteiger charge is 2.78. The highest BCUT2D eigenvalue weighted by molar-refractivity contribution is 5.96. The average Bonchev–Trinajstić information content (AvgIpc) is 3.57. The molecule has 6 aliphatic carbocycles. The van der Waals surface area contributed by atoms with Gasteiger partial charge in [-0.05, 0) is 91.9 Å². The minimum absolute atomic E-state index is 0.0804. The molecule has 7 aliphatic rings. The lowest BCUT2D eigenvalue weighted by Crippen LogP contribution is -2.55. The number of hydrogen-bond acceptors (Lipinski definition) is 3. The molecule has 0 aromatic rings. The van der Waals surface area contributed by atoms with Gasteiger partial charge in [-0.25, -0.2) is 0 Å². The van der Waals surface area contributed by atoms with Gasteiger partial charge in [-0.1, -0.05) is 29.8 Å². The third-order valence-electron chi connectivity index (χ3n) is 10.1. The van der Waals surface area contributed by atoms with Crippen molar-refractivity contribution in [3.05, 3.63) is 23.8 Å². The molecule has 0 saturated heterocycles. The average molecular weight is 351 g/mol. The first kappa shape index (κ1) is 14.9. The molecule has 26 heavy (non-hydrogen) atoms. The summed E-state index contributed by atoms with van der Waals surface area (Å²) in [6.07, 6.45) is 14.8. The third kappa shape index (κ3) is 1.49. The third-order valence-corrected chi connectivity index (χ3v) is 10.1. The quantitative estimate of drug-likeness (QED) is 0.399. The maximum atomic E-state index is 9.25. The van der Waals surface area contributed by atoms with Crippen molar-refractivity contribution in [1.82, 2.24) is 0 Å². The number of nitrogens with zero attached hydrogens (tertiary/aromatic N) is 1. The van der Waals surface area contributed by atoms with Crippen LogP contribution < -0.4 is 0 Å². The van der Waals surface area contributed by atoms with E-state index in [4.69, 9.17) is 4.74 Å². The molecule has 0 bridgehead atoms. The molecule has 1 heterocycles.